The van der Waals surface area contributed by atoms with E-state index in [-0.39, 0.29) is 11.5 Å². The smallest absolute Gasteiger partial charge is 0.178 e. The summed E-state index contributed by atoms with van der Waals surface area (Å²) in [7, 11) is -3.56. The molecule has 0 aliphatic carbocycles. The molecule has 0 aliphatic heterocycles. The van der Waals surface area contributed by atoms with Crippen LogP contribution in [0, 0.1) is 6.92 Å². The zero-order valence-electron chi connectivity index (χ0n) is 11.5. The zero-order chi connectivity index (χ0) is 15.5. The molecule has 3 nitrogen and oxygen atoms in total. The molecule has 0 bridgehead atoms. The molecule has 2 rings (SSSR count). The molecule has 110 valence electrons. The lowest BCUT2D eigenvalue weighted by molar-refractivity contribution is 0.102. The third-order valence-corrected chi connectivity index (χ3v) is 4.95. The van der Waals surface area contributed by atoms with Gasteiger partial charge in [0.25, 0.3) is 0 Å². The first-order valence-corrected chi connectivity index (χ1v) is 8.61. The summed E-state index contributed by atoms with van der Waals surface area (Å²) in [4.78, 5) is 12.1. The van der Waals surface area contributed by atoms with Crippen molar-refractivity contribution in [3.05, 3.63) is 70.2 Å². The van der Waals surface area contributed by atoms with Gasteiger partial charge in [0.2, 0.25) is 0 Å². The molecule has 0 radical (unpaired) electrons. The Kier molecular flexibility index (Phi) is 4.80. The standard InChI is InChI=1S/C16H15ClO3S/c1-12-6-2-4-8-14(12)16(18)11-21(19,20)10-13-7-3-5-9-15(13)17/h2-9H,10-11H2,1H3. The predicted molar refractivity (Wildman–Crippen MR) is 84.5 cm³/mol. The molecule has 0 aliphatic rings. The van der Waals surface area contributed by atoms with Gasteiger partial charge >= 0.3 is 0 Å². The van der Waals surface area contributed by atoms with Gasteiger partial charge in [-0.3, -0.25) is 4.79 Å². The fourth-order valence-electron chi connectivity index (χ4n) is 2.07. The summed E-state index contributed by atoms with van der Waals surface area (Å²) in [5.41, 5.74) is 1.73. The van der Waals surface area contributed by atoms with E-state index in [2.05, 4.69) is 0 Å². The van der Waals surface area contributed by atoms with Crippen molar-refractivity contribution in [3.8, 4) is 0 Å². The highest BCUT2D eigenvalue weighted by molar-refractivity contribution is 7.91. The number of sulfone groups is 1. The average Bonchev–Trinajstić information content (AvgIpc) is 2.41. The first kappa shape index (κ1) is 15.7. The third kappa shape index (κ3) is 4.16. The molecule has 0 saturated heterocycles. The fraction of sp³-hybridized carbons (Fsp3) is 0.188. The van der Waals surface area contributed by atoms with Crippen molar-refractivity contribution in [1.82, 2.24) is 0 Å². The molecule has 0 atom stereocenters. The molecule has 0 N–H and O–H groups in total. The maximum absolute atomic E-state index is 12.2. The molecule has 5 heteroatoms. The summed E-state index contributed by atoms with van der Waals surface area (Å²) in [5.74, 6) is -1.13. The van der Waals surface area contributed by atoms with Gasteiger partial charge in [0.1, 0.15) is 5.75 Å². The lowest BCUT2D eigenvalue weighted by Gasteiger charge is -2.07. The molecule has 21 heavy (non-hydrogen) atoms. The molecule has 0 heterocycles. The Hall–Kier alpha value is -1.65. The Bertz CT molecular complexity index is 767. The second kappa shape index (κ2) is 6.41. The van der Waals surface area contributed by atoms with Gasteiger partial charge in [-0.2, -0.15) is 0 Å². The quantitative estimate of drug-likeness (QED) is 0.792. The number of Topliss-reactive ketones (excluding diaryl/α,β-unsaturated/α-hetero) is 1. The number of carbonyl (C=O) groups excluding carboxylic acids is 1. The first-order valence-electron chi connectivity index (χ1n) is 6.42. The van der Waals surface area contributed by atoms with Crippen LogP contribution in [0.4, 0.5) is 0 Å². The number of benzene rings is 2. The summed E-state index contributed by atoms with van der Waals surface area (Å²) in [5, 5.41) is 0.393. The minimum atomic E-state index is -3.56. The molecular weight excluding hydrogens is 308 g/mol. The van der Waals surface area contributed by atoms with Crippen molar-refractivity contribution in [1.29, 1.82) is 0 Å². The number of aryl methyl sites for hydroxylation is 1. The van der Waals surface area contributed by atoms with Crippen molar-refractivity contribution in [2.24, 2.45) is 0 Å². The number of rotatable bonds is 5. The molecule has 2 aromatic carbocycles. The maximum Gasteiger partial charge on any atom is 0.178 e. The Morgan fingerprint density at radius 1 is 1.05 bits per heavy atom. The minimum absolute atomic E-state index is 0.232. The highest BCUT2D eigenvalue weighted by atomic mass is 35.5. The normalized spacial score (nSPS) is 11.3. The number of ketones is 1. The second-order valence-electron chi connectivity index (χ2n) is 4.86. The molecular formula is C16H15ClO3S. The zero-order valence-corrected chi connectivity index (χ0v) is 13.1. The van der Waals surface area contributed by atoms with Crippen molar-refractivity contribution in [2.75, 3.05) is 5.75 Å². The van der Waals surface area contributed by atoms with Crippen LogP contribution in [0.25, 0.3) is 0 Å². The van der Waals surface area contributed by atoms with Crippen LogP contribution in [-0.4, -0.2) is 20.0 Å². The van der Waals surface area contributed by atoms with Gasteiger partial charge in [-0.25, -0.2) is 8.42 Å². The van der Waals surface area contributed by atoms with Gasteiger partial charge < -0.3 is 0 Å². The number of halogens is 1. The topological polar surface area (TPSA) is 51.2 Å². The molecule has 0 amide bonds. The molecule has 2 aromatic rings. The third-order valence-electron chi connectivity index (χ3n) is 3.13. The van der Waals surface area contributed by atoms with Gasteiger partial charge in [0.05, 0.1) is 5.75 Å². The second-order valence-corrected chi connectivity index (χ2v) is 7.33. The monoisotopic (exact) mass is 322 g/mol. The van der Waals surface area contributed by atoms with Crippen LogP contribution < -0.4 is 0 Å². The SMILES string of the molecule is Cc1ccccc1C(=O)CS(=O)(=O)Cc1ccccc1Cl. The van der Waals surface area contributed by atoms with E-state index < -0.39 is 15.6 Å². The highest BCUT2D eigenvalue weighted by Gasteiger charge is 2.20. The Labute approximate surface area is 129 Å². The molecule has 0 spiro atoms. The van der Waals surface area contributed by atoms with Crippen LogP contribution in [0.3, 0.4) is 0 Å². The van der Waals surface area contributed by atoms with Crippen LogP contribution in [0.15, 0.2) is 48.5 Å². The highest BCUT2D eigenvalue weighted by Crippen LogP contribution is 2.19. The Balaban J connectivity index is 2.17. The summed E-state index contributed by atoms with van der Waals surface area (Å²) in [6.45, 7) is 1.79. The first-order chi connectivity index (χ1) is 9.89. The Morgan fingerprint density at radius 3 is 2.33 bits per heavy atom. The summed E-state index contributed by atoms with van der Waals surface area (Å²) >= 11 is 5.96. The van der Waals surface area contributed by atoms with E-state index in [4.69, 9.17) is 11.6 Å². The summed E-state index contributed by atoms with van der Waals surface area (Å²) in [6, 6.07) is 13.7. The number of carbonyl (C=O) groups is 1. The van der Waals surface area contributed by atoms with Gasteiger partial charge in [0.15, 0.2) is 15.6 Å². The van der Waals surface area contributed by atoms with Crippen molar-refractivity contribution >= 4 is 27.2 Å². The lowest BCUT2D eigenvalue weighted by Crippen LogP contribution is -2.18. The summed E-state index contributed by atoms with van der Waals surface area (Å²) in [6.07, 6.45) is 0. The van der Waals surface area contributed by atoms with Gasteiger partial charge in [-0.1, -0.05) is 54.1 Å². The van der Waals surface area contributed by atoms with E-state index in [1.165, 1.54) is 0 Å². The minimum Gasteiger partial charge on any atom is -0.293 e. The average molecular weight is 323 g/mol. The van der Waals surface area contributed by atoms with Crippen LogP contribution >= 0.6 is 11.6 Å². The van der Waals surface area contributed by atoms with Crippen LogP contribution in [0.5, 0.6) is 0 Å². The maximum atomic E-state index is 12.2. The van der Waals surface area contributed by atoms with Crippen molar-refractivity contribution in [2.45, 2.75) is 12.7 Å². The Morgan fingerprint density at radius 2 is 1.67 bits per heavy atom. The van der Waals surface area contributed by atoms with Crippen molar-refractivity contribution in [3.63, 3.8) is 0 Å². The number of hydrogen-bond donors (Lipinski definition) is 0. The van der Waals surface area contributed by atoms with E-state index in [9.17, 15) is 13.2 Å². The molecule has 0 unspecified atom stereocenters. The van der Waals surface area contributed by atoms with E-state index in [0.29, 0.717) is 16.1 Å². The largest absolute Gasteiger partial charge is 0.293 e. The van der Waals surface area contributed by atoms with Crippen LogP contribution in [0.1, 0.15) is 21.5 Å². The van der Waals surface area contributed by atoms with Crippen LogP contribution in [0.2, 0.25) is 5.02 Å². The van der Waals surface area contributed by atoms with Crippen molar-refractivity contribution < 1.29 is 13.2 Å². The van der Waals surface area contributed by atoms with E-state index in [1.54, 1.807) is 49.4 Å². The van der Waals surface area contributed by atoms with E-state index in [0.717, 1.165) is 5.56 Å². The summed E-state index contributed by atoms with van der Waals surface area (Å²) < 4.78 is 24.3. The predicted octanol–water partition coefficient (Wildman–Crippen LogP) is 3.45. The van der Waals surface area contributed by atoms with Gasteiger partial charge in [-0.15, -0.1) is 0 Å². The van der Waals surface area contributed by atoms with Gasteiger partial charge in [-0.05, 0) is 24.1 Å². The number of hydrogen-bond acceptors (Lipinski definition) is 3. The van der Waals surface area contributed by atoms with Crippen LogP contribution in [-0.2, 0) is 15.6 Å². The van der Waals surface area contributed by atoms with E-state index in [1.807, 2.05) is 6.07 Å². The van der Waals surface area contributed by atoms with E-state index >= 15 is 0 Å². The lowest BCUT2D eigenvalue weighted by atomic mass is 10.1. The molecule has 0 saturated carbocycles. The molecule has 0 aromatic heterocycles. The molecule has 0 fully saturated rings. The fourth-order valence-corrected chi connectivity index (χ4v) is 3.73. The van der Waals surface area contributed by atoms with Gasteiger partial charge in [0, 0.05) is 10.6 Å².